The number of fused-ring (bicyclic) bond motifs is 1. The first kappa shape index (κ1) is 5.79. The zero-order valence-corrected chi connectivity index (χ0v) is 7.07. The van der Waals surface area contributed by atoms with Gasteiger partial charge in [0.05, 0.1) is 6.26 Å². The minimum Gasteiger partial charge on any atom is -0.536 e. The molecule has 0 radical (unpaired) electrons. The molecule has 0 amide bonds. The van der Waals surface area contributed by atoms with Crippen LogP contribution >= 0.6 is 0 Å². The molecule has 0 saturated heterocycles. The standard InChI is InChI=1S/C7H9NOSi/c1-2-5-8-7(3-1)4-6-9-10-8/h1-4,6H,5,10H2. The molecule has 0 atom stereocenters. The molecule has 2 aliphatic heterocycles. The van der Waals surface area contributed by atoms with Crippen LogP contribution in [0.3, 0.4) is 0 Å². The van der Waals surface area contributed by atoms with Crippen molar-refractivity contribution in [2.24, 2.45) is 0 Å². The first-order chi connectivity index (χ1) is 4.97. The monoisotopic (exact) mass is 151 g/mol. The summed E-state index contributed by atoms with van der Waals surface area (Å²) >= 11 is 0. The normalized spacial score (nSPS) is 24.0. The van der Waals surface area contributed by atoms with E-state index in [-0.39, 0.29) is 0 Å². The molecule has 0 aromatic carbocycles. The molecule has 2 rings (SSSR count). The highest BCUT2D eigenvalue weighted by Gasteiger charge is 2.11. The van der Waals surface area contributed by atoms with Crippen molar-refractivity contribution in [2.45, 2.75) is 0 Å². The summed E-state index contributed by atoms with van der Waals surface area (Å²) in [4.78, 5) is 0. The number of hydrogen-bond acceptors (Lipinski definition) is 2. The fourth-order valence-electron chi connectivity index (χ4n) is 1.10. The third kappa shape index (κ3) is 0.884. The molecular formula is C7H9NOSi. The average molecular weight is 151 g/mol. The Hall–Kier alpha value is -0.963. The molecule has 52 valence electrons. The van der Waals surface area contributed by atoms with Gasteiger partial charge in [-0.05, 0) is 12.2 Å². The van der Waals surface area contributed by atoms with Crippen LogP contribution in [0, 0.1) is 0 Å². The predicted octanol–water partition coefficient (Wildman–Crippen LogP) is 0.285. The molecule has 2 aliphatic rings. The van der Waals surface area contributed by atoms with E-state index in [4.69, 9.17) is 4.43 Å². The van der Waals surface area contributed by atoms with E-state index in [1.54, 1.807) is 6.26 Å². The summed E-state index contributed by atoms with van der Waals surface area (Å²) in [6, 6.07) is 0. The Balaban J connectivity index is 2.27. The lowest BCUT2D eigenvalue weighted by Crippen LogP contribution is -2.31. The number of allylic oxidation sites excluding steroid dienone is 3. The Labute approximate surface area is 62.5 Å². The van der Waals surface area contributed by atoms with Crippen LogP contribution in [0.1, 0.15) is 0 Å². The van der Waals surface area contributed by atoms with Gasteiger partial charge in [0, 0.05) is 12.2 Å². The SMILES string of the molecule is C1=CCN2[SiH2]OC=CC2=C1. The molecule has 0 aromatic rings. The highest BCUT2D eigenvalue weighted by molar-refractivity contribution is 6.25. The zero-order valence-electron chi connectivity index (χ0n) is 5.66. The zero-order chi connectivity index (χ0) is 6.81. The molecule has 3 heteroatoms. The molecule has 0 saturated carbocycles. The summed E-state index contributed by atoms with van der Waals surface area (Å²) in [6.45, 7) is 1.03. The van der Waals surface area contributed by atoms with E-state index in [0.29, 0.717) is 0 Å². The van der Waals surface area contributed by atoms with E-state index in [2.05, 4.69) is 22.8 Å². The number of rotatable bonds is 0. The molecule has 0 unspecified atom stereocenters. The van der Waals surface area contributed by atoms with Gasteiger partial charge in [-0.15, -0.1) is 0 Å². The quantitative estimate of drug-likeness (QED) is 0.461. The van der Waals surface area contributed by atoms with Crippen molar-refractivity contribution in [1.82, 2.24) is 4.57 Å². The summed E-state index contributed by atoms with van der Waals surface area (Å²) < 4.78 is 7.55. The maximum atomic E-state index is 5.25. The summed E-state index contributed by atoms with van der Waals surface area (Å²) in [5, 5.41) is 0. The Morgan fingerprint density at radius 2 is 2.60 bits per heavy atom. The summed E-state index contributed by atoms with van der Waals surface area (Å²) in [5.74, 6) is 0. The minimum absolute atomic E-state index is 0.458. The van der Waals surface area contributed by atoms with Crippen LogP contribution in [0.4, 0.5) is 0 Å². The van der Waals surface area contributed by atoms with Crippen LogP contribution in [0.25, 0.3) is 0 Å². The Bertz CT molecular complexity index is 220. The Kier molecular flexibility index (Phi) is 1.36. The Morgan fingerprint density at radius 3 is 3.50 bits per heavy atom. The van der Waals surface area contributed by atoms with Crippen LogP contribution in [-0.2, 0) is 4.43 Å². The van der Waals surface area contributed by atoms with Crippen LogP contribution in [0.5, 0.6) is 0 Å². The van der Waals surface area contributed by atoms with E-state index >= 15 is 0 Å². The molecule has 0 spiro atoms. The van der Waals surface area contributed by atoms with Crippen molar-refractivity contribution in [3.8, 4) is 0 Å². The van der Waals surface area contributed by atoms with Gasteiger partial charge < -0.3 is 8.99 Å². The first-order valence-corrected chi connectivity index (χ1v) is 4.58. The molecule has 0 N–H and O–H groups in total. The van der Waals surface area contributed by atoms with Crippen LogP contribution < -0.4 is 0 Å². The lowest BCUT2D eigenvalue weighted by atomic mass is 10.3. The molecule has 0 aliphatic carbocycles. The van der Waals surface area contributed by atoms with Gasteiger partial charge in [0.25, 0.3) is 0 Å². The first-order valence-electron chi connectivity index (χ1n) is 3.37. The van der Waals surface area contributed by atoms with Gasteiger partial charge in [-0.2, -0.15) is 0 Å². The van der Waals surface area contributed by atoms with Crippen molar-refractivity contribution >= 4 is 9.92 Å². The maximum Gasteiger partial charge on any atom is 0.327 e. The molecule has 2 nitrogen and oxygen atoms in total. The van der Waals surface area contributed by atoms with Gasteiger partial charge in [-0.3, -0.25) is 0 Å². The lowest BCUT2D eigenvalue weighted by Gasteiger charge is -2.28. The van der Waals surface area contributed by atoms with E-state index < -0.39 is 9.92 Å². The summed E-state index contributed by atoms with van der Waals surface area (Å²) in [5.41, 5.74) is 1.31. The molecular weight excluding hydrogens is 142 g/mol. The third-order valence-electron chi connectivity index (χ3n) is 1.66. The third-order valence-corrected chi connectivity index (χ3v) is 2.94. The van der Waals surface area contributed by atoms with Gasteiger partial charge in [0.15, 0.2) is 0 Å². The van der Waals surface area contributed by atoms with E-state index in [0.717, 1.165) is 6.54 Å². The summed E-state index contributed by atoms with van der Waals surface area (Å²) in [7, 11) is -0.458. The molecule has 10 heavy (non-hydrogen) atoms. The second-order valence-corrected chi connectivity index (χ2v) is 3.70. The molecule has 0 fully saturated rings. The molecule has 0 bridgehead atoms. The van der Waals surface area contributed by atoms with Gasteiger partial charge in [0.1, 0.15) is 0 Å². The van der Waals surface area contributed by atoms with Crippen molar-refractivity contribution in [2.75, 3.05) is 6.54 Å². The van der Waals surface area contributed by atoms with Crippen molar-refractivity contribution in [3.63, 3.8) is 0 Å². The molecule has 0 aromatic heterocycles. The van der Waals surface area contributed by atoms with Crippen molar-refractivity contribution in [3.05, 3.63) is 36.3 Å². The smallest absolute Gasteiger partial charge is 0.327 e. The van der Waals surface area contributed by atoms with E-state index in [9.17, 15) is 0 Å². The largest absolute Gasteiger partial charge is 0.536 e. The van der Waals surface area contributed by atoms with Gasteiger partial charge in [-0.25, -0.2) is 0 Å². The summed E-state index contributed by atoms with van der Waals surface area (Å²) in [6.07, 6.45) is 10.2. The van der Waals surface area contributed by atoms with Crippen LogP contribution in [0.2, 0.25) is 0 Å². The molecule has 2 heterocycles. The van der Waals surface area contributed by atoms with E-state index in [1.165, 1.54) is 5.70 Å². The Morgan fingerprint density at radius 1 is 1.60 bits per heavy atom. The van der Waals surface area contributed by atoms with Crippen LogP contribution in [-0.4, -0.2) is 21.0 Å². The minimum atomic E-state index is -0.458. The lowest BCUT2D eigenvalue weighted by molar-refractivity contribution is 0.416. The topological polar surface area (TPSA) is 12.5 Å². The maximum absolute atomic E-state index is 5.25. The predicted molar refractivity (Wildman–Crippen MR) is 42.7 cm³/mol. The van der Waals surface area contributed by atoms with E-state index in [1.807, 2.05) is 6.08 Å². The highest BCUT2D eigenvalue weighted by atomic mass is 28.2. The van der Waals surface area contributed by atoms with Crippen molar-refractivity contribution < 1.29 is 4.43 Å². The second-order valence-electron chi connectivity index (χ2n) is 2.34. The fourth-order valence-corrected chi connectivity index (χ4v) is 2.08. The van der Waals surface area contributed by atoms with Crippen molar-refractivity contribution in [1.29, 1.82) is 0 Å². The van der Waals surface area contributed by atoms with Gasteiger partial charge in [-0.1, -0.05) is 12.2 Å². The highest BCUT2D eigenvalue weighted by Crippen LogP contribution is 2.13. The fraction of sp³-hybridized carbons (Fsp3) is 0.143. The van der Waals surface area contributed by atoms with Gasteiger partial charge in [0.2, 0.25) is 0 Å². The number of hydrogen-bond donors (Lipinski definition) is 0. The average Bonchev–Trinajstić information content (AvgIpc) is 2.05. The number of nitrogens with zero attached hydrogens (tertiary/aromatic N) is 1. The second kappa shape index (κ2) is 2.34. The van der Waals surface area contributed by atoms with Gasteiger partial charge >= 0.3 is 9.92 Å². The van der Waals surface area contributed by atoms with Crippen LogP contribution in [0.15, 0.2) is 36.3 Å².